The highest BCUT2D eigenvalue weighted by Gasteiger charge is 2.43. The summed E-state index contributed by atoms with van der Waals surface area (Å²) in [5, 5.41) is 0. The lowest BCUT2D eigenvalue weighted by atomic mass is 10.1. The number of hydrogen-bond donors (Lipinski definition) is 3. The van der Waals surface area contributed by atoms with Gasteiger partial charge < -0.3 is 14.7 Å². The standard InChI is InChI=1S/C30H59O3PS/c1-4-7-10-13-16-22-27-35(34(31,32)33,30-25-20-19-21-26-30,28-23-17-14-11-8-5-2)29-24-18-15-12-9-6-3/h19-21,25-26,31-33H,4-18,22-24,27-29H2,1-3H3. The summed E-state index contributed by atoms with van der Waals surface area (Å²) in [5.74, 6) is 2.32. The first kappa shape index (κ1) is 32.9. The van der Waals surface area contributed by atoms with Gasteiger partial charge >= 0.3 is 0 Å². The fraction of sp³-hybridized carbons (Fsp3) is 0.800. The van der Waals surface area contributed by atoms with Gasteiger partial charge in [-0.05, 0) is 41.4 Å². The summed E-state index contributed by atoms with van der Waals surface area (Å²) in [6.07, 6.45) is 21.2. The van der Waals surface area contributed by atoms with Crippen LogP contribution in [0.2, 0.25) is 0 Å². The number of benzene rings is 1. The average Bonchev–Trinajstić information content (AvgIpc) is 2.85. The van der Waals surface area contributed by atoms with Gasteiger partial charge in [-0.1, -0.05) is 147 Å². The monoisotopic (exact) mass is 530 g/mol. The van der Waals surface area contributed by atoms with Crippen LogP contribution in [0.5, 0.6) is 0 Å². The minimum Gasteiger partial charge on any atom is -0.329 e. The molecule has 1 aromatic rings. The Morgan fingerprint density at radius 1 is 0.486 bits per heavy atom. The molecular weight excluding hydrogens is 471 g/mol. The molecule has 35 heavy (non-hydrogen) atoms. The molecule has 0 saturated heterocycles. The highest BCUT2D eigenvalue weighted by Crippen LogP contribution is 2.61. The molecule has 5 heteroatoms. The van der Waals surface area contributed by atoms with Gasteiger partial charge in [0.2, 0.25) is 0 Å². The van der Waals surface area contributed by atoms with Gasteiger partial charge in [0.15, 0.2) is 0 Å². The van der Waals surface area contributed by atoms with Crippen molar-refractivity contribution in [2.75, 3.05) is 17.3 Å². The first-order chi connectivity index (χ1) is 16.9. The van der Waals surface area contributed by atoms with Crippen molar-refractivity contribution in [3.8, 4) is 0 Å². The molecule has 0 heterocycles. The lowest BCUT2D eigenvalue weighted by molar-refractivity contribution is 0.361. The second-order valence-corrected chi connectivity index (χ2v) is 20.9. The lowest BCUT2D eigenvalue weighted by Gasteiger charge is -2.53. The van der Waals surface area contributed by atoms with Crippen LogP contribution in [0, 0.1) is 0 Å². The Labute approximate surface area is 218 Å². The Hall–Kier alpha value is -0.120. The fourth-order valence-corrected chi connectivity index (χ4v) is 16.0. The number of rotatable bonds is 22. The molecule has 3 nitrogen and oxygen atoms in total. The molecule has 0 atom stereocenters. The van der Waals surface area contributed by atoms with E-state index in [9.17, 15) is 14.7 Å². The molecule has 0 amide bonds. The van der Waals surface area contributed by atoms with Crippen molar-refractivity contribution in [1.29, 1.82) is 0 Å². The van der Waals surface area contributed by atoms with Gasteiger partial charge in [0.1, 0.15) is 0 Å². The van der Waals surface area contributed by atoms with E-state index in [1.807, 2.05) is 18.2 Å². The summed E-state index contributed by atoms with van der Waals surface area (Å²) in [6, 6.07) is 10.3. The molecule has 0 saturated carbocycles. The van der Waals surface area contributed by atoms with Crippen LogP contribution in [0.4, 0.5) is 0 Å². The van der Waals surface area contributed by atoms with Crippen molar-refractivity contribution in [2.24, 2.45) is 0 Å². The third-order valence-corrected chi connectivity index (χ3v) is 20.6. The van der Waals surface area contributed by atoms with Crippen LogP contribution >= 0.6 is 6.72 Å². The van der Waals surface area contributed by atoms with E-state index in [0.29, 0.717) is 0 Å². The molecule has 0 radical (unpaired) electrons. The molecule has 0 aliphatic carbocycles. The van der Waals surface area contributed by atoms with Crippen LogP contribution in [0.15, 0.2) is 35.2 Å². The molecule has 0 fully saturated rings. The first-order valence-corrected chi connectivity index (χ1v) is 19.7. The zero-order valence-electron chi connectivity index (χ0n) is 23.4. The summed E-state index contributed by atoms with van der Waals surface area (Å²) in [4.78, 5) is 35.3. The predicted molar refractivity (Wildman–Crippen MR) is 160 cm³/mol. The zero-order valence-corrected chi connectivity index (χ0v) is 25.1. The fourth-order valence-electron chi connectivity index (χ4n) is 5.61. The van der Waals surface area contributed by atoms with Crippen LogP contribution < -0.4 is 0 Å². The molecule has 1 aromatic carbocycles. The molecule has 0 spiro atoms. The van der Waals surface area contributed by atoms with Crippen LogP contribution in [0.25, 0.3) is 0 Å². The highest BCUT2D eigenvalue weighted by molar-refractivity contribution is 8.50. The maximum atomic E-state index is 11.4. The molecule has 3 N–H and O–H groups in total. The molecule has 0 aliphatic heterocycles. The van der Waals surface area contributed by atoms with Crippen molar-refractivity contribution in [2.45, 2.75) is 141 Å². The van der Waals surface area contributed by atoms with Crippen molar-refractivity contribution in [3.63, 3.8) is 0 Å². The van der Waals surface area contributed by atoms with E-state index in [4.69, 9.17) is 0 Å². The minimum absolute atomic E-state index is 0.772. The van der Waals surface area contributed by atoms with Gasteiger partial charge in [-0.3, -0.25) is 0 Å². The smallest absolute Gasteiger partial charge is 0.266 e. The first-order valence-electron chi connectivity index (χ1n) is 14.9. The van der Waals surface area contributed by atoms with E-state index in [0.717, 1.165) is 60.7 Å². The van der Waals surface area contributed by atoms with E-state index in [-0.39, 0.29) is 0 Å². The van der Waals surface area contributed by atoms with E-state index in [2.05, 4.69) is 32.9 Å². The topological polar surface area (TPSA) is 60.7 Å². The summed E-state index contributed by atoms with van der Waals surface area (Å²) < 4.78 is 0. The summed E-state index contributed by atoms with van der Waals surface area (Å²) in [5.41, 5.74) is 0. The van der Waals surface area contributed by atoms with Gasteiger partial charge in [0.05, 0.1) is 0 Å². The molecule has 0 unspecified atom stereocenters. The Morgan fingerprint density at radius 2 is 0.800 bits per heavy atom. The highest BCUT2D eigenvalue weighted by atomic mass is 32.6. The Balaban J connectivity index is 3.28. The van der Waals surface area contributed by atoms with Crippen molar-refractivity contribution >= 4 is 15.1 Å². The second-order valence-electron chi connectivity index (χ2n) is 10.8. The van der Waals surface area contributed by atoms with E-state index in [1.165, 1.54) is 77.0 Å². The minimum atomic E-state index is -4.09. The van der Waals surface area contributed by atoms with Crippen LogP contribution in [-0.2, 0) is 8.34 Å². The Morgan fingerprint density at radius 3 is 1.11 bits per heavy atom. The number of hydrogen-bond acceptors (Lipinski definition) is 0. The van der Waals surface area contributed by atoms with Gasteiger partial charge in [-0.15, -0.1) is 0 Å². The van der Waals surface area contributed by atoms with Crippen molar-refractivity contribution in [1.82, 2.24) is 0 Å². The van der Waals surface area contributed by atoms with Gasteiger partial charge in [0.25, 0.3) is 6.72 Å². The molecule has 0 bridgehead atoms. The normalized spacial score (nSPS) is 13.6. The second kappa shape index (κ2) is 18.2. The van der Waals surface area contributed by atoms with Crippen LogP contribution in [0.3, 0.4) is 0 Å². The third-order valence-electron chi connectivity index (χ3n) is 7.93. The van der Waals surface area contributed by atoms with Crippen LogP contribution in [-0.4, -0.2) is 31.9 Å². The quantitative estimate of drug-likeness (QED) is 0.103. The average molecular weight is 531 g/mol. The molecule has 1 rings (SSSR count). The van der Waals surface area contributed by atoms with Crippen molar-refractivity contribution in [3.05, 3.63) is 30.3 Å². The molecule has 0 aliphatic rings. The summed E-state index contributed by atoms with van der Waals surface area (Å²) in [6.45, 7) is 2.63. The third kappa shape index (κ3) is 10.3. The molecule has 0 aromatic heterocycles. The van der Waals surface area contributed by atoms with E-state index in [1.54, 1.807) is 0 Å². The summed E-state index contributed by atoms with van der Waals surface area (Å²) >= 11 is 0. The van der Waals surface area contributed by atoms with Gasteiger partial charge in [-0.25, -0.2) is 0 Å². The van der Waals surface area contributed by atoms with Gasteiger partial charge in [-0.2, -0.15) is 8.34 Å². The Bertz CT molecular complexity index is 683. The van der Waals surface area contributed by atoms with Crippen molar-refractivity contribution < 1.29 is 14.7 Å². The SMILES string of the molecule is CCCCCCCCS(CCCCCCCC)(CCCCCCCC)(c1ccccc1)=P(O)(O)O. The molecule has 208 valence electrons. The summed E-state index contributed by atoms with van der Waals surface area (Å²) in [7, 11) is -3.02. The Kier molecular flexibility index (Phi) is 17.1. The largest absolute Gasteiger partial charge is 0.329 e. The zero-order chi connectivity index (χ0) is 25.9. The van der Waals surface area contributed by atoms with Gasteiger partial charge in [0, 0.05) is 0 Å². The maximum Gasteiger partial charge on any atom is 0.266 e. The van der Waals surface area contributed by atoms with E-state index < -0.39 is 15.1 Å². The number of unbranched alkanes of at least 4 members (excludes halogenated alkanes) is 15. The molecular formula is C30H59O3PS. The maximum absolute atomic E-state index is 11.4. The van der Waals surface area contributed by atoms with E-state index >= 15 is 0 Å². The predicted octanol–water partition coefficient (Wildman–Crippen LogP) is 9.47. The lowest BCUT2D eigenvalue weighted by Crippen LogP contribution is -2.44. The van der Waals surface area contributed by atoms with Crippen LogP contribution in [0.1, 0.15) is 136 Å².